The van der Waals surface area contributed by atoms with Crippen molar-refractivity contribution in [1.82, 2.24) is 9.97 Å². The lowest BCUT2D eigenvalue weighted by Crippen LogP contribution is -2.22. The number of halogens is 2. The summed E-state index contributed by atoms with van der Waals surface area (Å²) >= 11 is 0. The highest BCUT2D eigenvalue weighted by molar-refractivity contribution is 5.96. The number of aromatic carboxylic acids is 2. The predicted molar refractivity (Wildman–Crippen MR) is 213 cm³/mol. The maximum absolute atomic E-state index is 15.2. The van der Waals surface area contributed by atoms with Crippen LogP contribution in [0.4, 0.5) is 20.2 Å². The molecule has 2 heterocycles. The van der Waals surface area contributed by atoms with Crippen molar-refractivity contribution in [2.45, 2.75) is 53.1 Å². The second kappa shape index (κ2) is 16.8. The number of benzene rings is 4. The summed E-state index contributed by atoms with van der Waals surface area (Å²) in [5, 5.41) is 18.5. The Bertz CT molecular complexity index is 2480. The minimum absolute atomic E-state index is 0.0490. The molecule has 0 unspecified atom stereocenters. The van der Waals surface area contributed by atoms with E-state index in [9.17, 15) is 24.3 Å². The number of hydrogen-bond donors (Lipinski definition) is 4. The molecule has 286 valence electrons. The summed E-state index contributed by atoms with van der Waals surface area (Å²) in [4.78, 5) is 57.0. The van der Waals surface area contributed by atoms with E-state index in [4.69, 9.17) is 5.11 Å². The molecule has 0 atom stereocenters. The molecular weight excluding hydrogens is 706 g/mol. The quantitative estimate of drug-likeness (QED) is 0.103. The molecule has 0 radical (unpaired) electrons. The summed E-state index contributed by atoms with van der Waals surface area (Å²) < 4.78 is 30.2. The van der Waals surface area contributed by atoms with E-state index in [1.54, 1.807) is 7.05 Å². The van der Waals surface area contributed by atoms with E-state index in [-0.39, 0.29) is 22.6 Å². The van der Waals surface area contributed by atoms with Crippen LogP contribution in [0.1, 0.15) is 76.6 Å². The van der Waals surface area contributed by atoms with Crippen LogP contribution in [0.2, 0.25) is 0 Å². The largest absolute Gasteiger partial charge is 0.477 e. The van der Waals surface area contributed by atoms with E-state index in [2.05, 4.69) is 9.97 Å². The van der Waals surface area contributed by atoms with E-state index >= 15 is 8.78 Å². The number of H-pyrrole nitrogens is 2. The number of fused-ring (bicyclic) bond motifs is 2. The Morgan fingerprint density at radius 3 is 1.53 bits per heavy atom. The molecule has 10 nitrogen and oxygen atoms in total. The van der Waals surface area contributed by atoms with Crippen molar-refractivity contribution in [3.63, 3.8) is 0 Å². The van der Waals surface area contributed by atoms with Gasteiger partial charge in [-0.15, -0.1) is 0 Å². The number of aromatic nitrogens is 2. The zero-order valence-corrected chi connectivity index (χ0v) is 31.5. The fraction of sp³-hybridized carbons (Fsp3) is 0.256. The molecule has 0 fully saturated rings. The van der Waals surface area contributed by atoms with Crippen molar-refractivity contribution in [3.05, 3.63) is 151 Å². The number of carboxylic acids is 2. The van der Waals surface area contributed by atoms with Crippen LogP contribution in [0.5, 0.6) is 0 Å². The molecule has 2 aromatic heterocycles. The van der Waals surface area contributed by atoms with Crippen LogP contribution in [0, 0.1) is 17.6 Å². The van der Waals surface area contributed by atoms with Gasteiger partial charge in [0, 0.05) is 61.5 Å². The van der Waals surface area contributed by atoms with E-state index in [1.807, 2.05) is 105 Å². The van der Waals surface area contributed by atoms with Crippen molar-refractivity contribution < 1.29 is 28.6 Å². The maximum atomic E-state index is 15.2. The zero-order chi connectivity index (χ0) is 40.1. The Hall–Kier alpha value is -6.30. The summed E-state index contributed by atoms with van der Waals surface area (Å²) in [7, 11) is 3.61. The Labute approximate surface area is 316 Å². The molecule has 55 heavy (non-hydrogen) atoms. The first-order chi connectivity index (χ1) is 26.1. The van der Waals surface area contributed by atoms with E-state index < -0.39 is 45.6 Å². The molecule has 0 spiro atoms. The first-order valence-electron chi connectivity index (χ1n) is 17.8. The number of aromatic amines is 2. The summed E-state index contributed by atoms with van der Waals surface area (Å²) in [5.41, 5.74) is 3.01. The van der Waals surface area contributed by atoms with Gasteiger partial charge in [-0.2, -0.15) is 0 Å². The Balaban J connectivity index is 0.000000211. The summed E-state index contributed by atoms with van der Waals surface area (Å²) in [6, 6.07) is 21.7. The van der Waals surface area contributed by atoms with Gasteiger partial charge in [-0.05, 0) is 41.5 Å². The third kappa shape index (κ3) is 8.59. The van der Waals surface area contributed by atoms with Gasteiger partial charge >= 0.3 is 11.9 Å². The molecule has 0 amide bonds. The number of nitrogens with zero attached hydrogens (tertiary/aromatic N) is 2. The monoisotopic (exact) mass is 750 g/mol. The molecule has 4 aromatic carbocycles. The van der Waals surface area contributed by atoms with Crippen molar-refractivity contribution >= 4 is 45.1 Å². The van der Waals surface area contributed by atoms with Gasteiger partial charge in [-0.3, -0.25) is 9.59 Å². The Kier molecular flexibility index (Phi) is 12.2. The lowest BCUT2D eigenvalue weighted by atomic mass is 9.95. The standard InChI is InChI=1S/C22H23FN2O3.C21H21FN2O3/c1-13(2)9-15-19-16(21(26)17(11-24-19)22(27)28)10-18(23)20(15)25(3)12-14-7-5-4-6-8-14;1-12(2)17-18-14(20(25)15(10-23-18)21(26)27)9-16(22)19(17)24(3)11-13-7-5-4-6-8-13/h4-8,10-11,13H,9,12H2,1-3H3,(H,24,26)(H,27,28);4-10,12H,11H2,1-3H3,(H,23,25)(H,26,27). The third-order valence-electron chi connectivity index (χ3n) is 9.28. The van der Waals surface area contributed by atoms with Gasteiger partial charge in [0.25, 0.3) is 0 Å². The highest BCUT2D eigenvalue weighted by Crippen LogP contribution is 2.36. The summed E-state index contributed by atoms with van der Waals surface area (Å²) in [5.74, 6) is -3.61. The second-order valence-corrected chi connectivity index (χ2v) is 14.3. The molecule has 0 saturated heterocycles. The molecular formula is C43H44F2N4O6. The fourth-order valence-electron chi connectivity index (χ4n) is 6.90. The Morgan fingerprint density at radius 1 is 0.673 bits per heavy atom. The zero-order valence-electron chi connectivity index (χ0n) is 31.5. The van der Waals surface area contributed by atoms with Gasteiger partial charge in [0.1, 0.15) is 22.8 Å². The minimum Gasteiger partial charge on any atom is -0.477 e. The van der Waals surface area contributed by atoms with Gasteiger partial charge in [0.2, 0.25) is 10.9 Å². The van der Waals surface area contributed by atoms with Crippen molar-refractivity contribution in [2.75, 3.05) is 23.9 Å². The number of carboxylic acid groups (broad SMARTS) is 2. The molecule has 0 aliphatic heterocycles. The molecule has 6 aromatic rings. The average molecular weight is 751 g/mol. The molecule has 0 aliphatic rings. The number of rotatable bonds is 11. The van der Waals surface area contributed by atoms with Crippen molar-refractivity contribution in [3.8, 4) is 0 Å². The molecule has 4 N–H and O–H groups in total. The molecule has 6 rings (SSSR count). The minimum atomic E-state index is -1.34. The first-order valence-corrected chi connectivity index (χ1v) is 17.8. The van der Waals surface area contributed by atoms with Crippen LogP contribution in [0.15, 0.2) is 94.8 Å². The topological polar surface area (TPSA) is 147 Å². The number of carbonyl (C=O) groups is 2. The SMILES string of the molecule is CC(C)Cc1c(N(C)Cc2ccccc2)c(F)cc2c(=O)c(C(=O)O)c[nH]c12.CC(C)c1c(N(C)Cc2ccccc2)c(F)cc2c(=O)c(C(=O)O)c[nH]c12. The normalized spacial score (nSPS) is 11.2. The number of anilines is 2. The fourth-order valence-corrected chi connectivity index (χ4v) is 6.90. The van der Waals surface area contributed by atoms with Crippen LogP contribution in [0.3, 0.4) is 0 Å². The second-order valence-electron chi connectivity index (χ2n) is 14.3. The van der Waals surface area contributed by atoms with Crippen molar-refractivity contribution in [2.24, 2.45) is 5.92 Å². The molecule has 0 saturated carbocycles. The maximum Gasteiger partial charge on any atom is 0.341 e. The first kappa shape index (κ1) is 39.9. The summed E-state index contributed by atoms with van der Waals surface area (Å²) in [6.07, 6.45) is 2.92. The van der Waals surface area contributed by atoms with Crippen LogP contribution in [0.25, 0.3) is 21.8 Å². The average Bonchev–Trinajstić information content (AvgIpc) is 3.12. The van der Waals surface area contributed by atoms with Crippen LogP contribution in [-0.4, -0.2) is 46.2 Å². The van der Waals surface area contributed by atoms with Gasteiger partial charge in [0.05, 0.1) is 22.4 Å². The van der Waals surface area contributed by atoms with E-state index in [0.717, 1.165) is 23.3 Å². The molecule has 0 aliphatic carbocycles. The summed E-state index contributed by atoms with van der Waals surface area (Å²) in [6.45, 7) is 8.87. The van der Waals surface area contributed by atoms with Gasteiger partial charge in [-0.25, -0.2) is 18.4 Å². The van der Waals surface area contributed by atoms with Crippen LogP contribution < -0.4 is 20.7 Å². The number of pyridine rings is 2. The lowest BCUT2D eigenvalue weighted by molar-refractivity contribution is 0.0684. The highest BCUT2D eigenvalue weighted by atomic mass is 19.1. The third-order valence-corrected chi connectivity index (χ3v) is 9.28. The predicted octanol–water partition coefficient (Wildman–Crippen LogP) is 8.33. The van der Waals surface area contributed by atoms with E-state index in [0.29, 0.717) is 53.0 Å². The lowest BCUT2D eigenvalue weighted by Gasteiger charge is -2.26. The van der Waals surface area contributed by atoms with Gasteiger partial charge in [-0.1, -0.05) is 88.4 Å². The highest BCUT2D eigenvalue weighted by Gasteiger charge is 2.24. The van der Waals surface area contributed by atoms with Crippen LogP contribution in [-0.2, 0) is 19.5 Å². The molecule has 0 bridgehead atoms. The number of nitrogens with one attached hydrogen (secondary N) is 2. The van der Waals surface area contributed by atoms with Gasteiger partial charge < -0.3 is 30.0 Å². The van der Waals surface area contributed by atoms with Gasteiger partial charge in [0.15, 0.2) is 0 Å². The molecule has 12 heteroatoms. The van der Waals surface area contributed by atoms with Crippen molar-refractivity contribution in [1.29, 1.82) is 0 Å². The smallest absolute Gasteiger partial charge is 0.341 e. The Morgan fingerprint density at radius 2 is 1.09 bits per heavy atom. The van der Waals surface area contributed by atoms with Crippen LogP contribution >= 0.6 is 0 Å². The number of hydrogen-bond acceptors (Lipinski definition) is 6. The van der Waals surface area contributed by atoms with E-state index in [1.165, 1.54) is 12.4 Å².